The number of hydrogen-bond donors (Lipinski definition) is 2. The summed E-state index contributed by atoms with van der Waals surface area (Å²) in [7, 11) is 1.58. The van der Waals surface area contributed by atoms with Crippen LogP contribution in [-0.4, -0.2) is 28.5 Å². The molecule has 30 heavy (non-hydrogen) atoms. The monoisotopic (exact) mass is 407 g/mol. The van der Waals surface area contributed by atoms with Gasteiger partial charge in [-0.2, -0.15) is 5.10 Å². The molecular weight excluding hydrogens is 382 g/mol. The molecule has 1 aromatic heterocycles. The van der Waals surface area contributed by atoms with E-state index in [4.69, 9.17) is 9.47 Å². The summed E-state index contributed by atoms with van der Waals surface area (Å²) in [6, 6.07) is 15.4. The number of nitrogens with zero attached hydrogens (tertiary/aromatic N) is 3. The second-order valence-electron chi connectivity index (χ2n) is 7.62. The molecule has 2 aromatic carbocycles. The molecule has 0 bridgehead atoms. The maximum atomic E-state index is 12.2. The Morgan fingerprint density at radius 3 is 2.53 bits per heavy atom. The molecular formula is C22H25N5O3. The highest BCUT2D eigenvalue weighted by Crippen LogP contribution is 2.30. The molecule has 8 nitrogen and oxygen atoms in total. The Hall–Kier alpha value is -3.68. The first-order chi connectivity index (χ1) is 14.4. The van der Waals surface area contributed by atoms with Gasteiger partial charge in [0.25, 0.3) is 5.56 Å². The highest BCUT2D eigenvalue weighted by molar-refractivity contribution is 5.85. The molecule has 0 saturated carbocycles. The number of anilines is 1. The van der Waals surface area contributed by atoms with Crippen LogP contribution in [0.2, 0.25) is 0 Å². The number of H-pyrrole nitrogens is 1. The Balaban J connectivity index is 1.76. The van der Waals surface area contributed by atoms with Crippen LogP contribution in [0.25, 0.3) is 0 Å². The van der Waals surface area contributed by atoms with Crippen molar-refractivity contribution in [3.63, 3.8) is 0 Å². The van der Waals surface area contributed by atoms with E-state index < -0.39 is 5.41 Å². The van der Waals surface area contributed by atoms with E-state index in [1.165, 1.54) is 0 Å². The van der Waals surface area contributed by atoms with Crippen LogP contribution in [0, 0.1) is 0 Å². The van der Waals surface area contributed by atoms with E-state index in [0.29, 0.717) is 29.4 Å². The maximum Gasteiger partial charge on any atom is 0.274 e. The number of benzene rings is 2. The van der Waals surface area contributed by atoms with E-state index >= 15 is 0 Å². The van der Waals surface area contributed by atoms with Gasteiger partial charge in [-0.25, -0.2) is 5.43 Å². The van der Waals surface area contributed by atoms with Crippen molar-refractivity contribution in [3.05, 3.63) is 75.7 Å². The van der Waals surface area contributed by atoms with Gasteiger partial charge in [-0.3, -0.25) is 9.78 Å². The summed E-state index contributed by atoms with van der Waals surface area (Å²) >= 11 is 0. The molecule has 0 amide bonds. The smallest absolute Gasteiger partial charge is 0.274 e. The second kappa shape index (κ2) is 9.21. The number of aromatic nitrogens is 3. The third kappa shape index (κ3) is 5.22. The van der Waals surface area contributed by atoms with Gasteiger partial charge in [0.1, 0.15) is 12.3 Å². The SMILES string of the molecule is COc1cccc(/C=N/Nc2nnc(C(C)(C)C)c(=O)[nH]2)c1OCc1ccccc1. The molecule has 0 fully saturated rings. The first-order valence-electron chi connectivity index (χ1n) is 9.49. The fourth-order valence-corrected chi connectivity index (χ4v) is 2.72. The van der Waals surface area contributed by atoms with Gasteiger partial charge in [0, 0.05) is 11.0 Å². The first kappa shape index (κ1) is 21.0. The Kier molecular flexibility index (Phi) is 6.46. The molecule has 0 aliphatic rings. The summed E-state index contributed by atoms with van der Waals surface area (Å²) < 4.78 is 11.4. The minimum Gasteiger partial charge on any atom is -0.493 e. The largest absolute Gasteiger partial charge is 0.493 e. The molecule has 0 aliphatic carbocycles. The molecule has 0 spiro atoms. The van der Waals surface area contributed by atoms with Gasteiger partial charge >= 0.3 is 0 Å². The van der Waals surface area contributed by atoms with Gasteiger partial charge in [0.15, 0.2) is 11.5 Å². The topological polar surface area (TPSA) is 101 Å². The number of nitrogens with one attached hydrogen (secondary N) is 2. The van der Waals surface area contributed by atoms with E-state index in [2.05, 4.69) is 25.7 Å². The minimum atomic E-state index is -0.395. The zero-order chi connectivity index (χ0) is 21.6. The van der Waals surface area contributed by atoms with Crippen molar-refractivity contribution < 1.29 is 9.47 Å². The summed E-state index contributed by atoms with van der Waals surface area (Å²) in [5, 5.41) is 12.1. The normalized spacial score (nSPS) is 11.5. The van der Waals surface area contributed by atoms with Gasteiger partial charge in [-0.15, -0.1) is 10.2 Å². The number of hydrazone groups is 1. The van der Waals surface area contributed by atoms with Crippen LogP contribution in [0.5, 0.6) is 11.5 Å². The van der Waals surface area contributed by atoms with E-state index in [-0.39, 0.29) is 11.5 Å². The summed E-state index contributed by atoms with van der Waals surface area (Å²) in [6.07, 6.45) is 1.57. The van der Waals surface area contributed by atoms with Crippen LogP contribution in [0.1, 0.15) is 37.6 Å². The molecule has 0 atom stereocenters. The Labute approximate surface area is 175 Å². The first-order valence-corrected chi connectivity index (χ1v) is 9.49. The number of aromatic amines is 1. The van der Waals surface area contributed by atoms with Crippen LogP contribution in [0.4, 0.5) is 5.95 Å². The number of ether oxygens (including phenoxy) is 2. The molecule has 0 radical (unpaired) electrons. The second-order valence-corrected chi connectivity index (χ2v) is 7.62. The van der Waals surface area contributed by atoms with Crippen molar-refractivity contribution in [2.45, 2.75) is 32.8 Å². The fraction of sp³-hybridized carbons (Fsp3) is 0.273. The standard InChI is InChI=1S/C22H25N5O3/c1-22(2,3)19-20(28)24-21(27-25-19)26-23-13-16-11-8-12-17(29-4)18(16)30-14-15-9-6-5-7-10-15/h5-13H,14H2,1-4H3,(H2,24,26,27,28)/b23-13+. The summed E-state index contributed by atoms with van der Waals surface area (Å²) in [5.74, 6) is 1.31. The Bertz CT molecular complexity index is 1070. The highest BCUT2D eigenvalue weighted by Gasteiger charge is 2.20. The number of para-hydroxylation sites is 1. The number of methoxy groups -OCH3 is 1. The van der Waals surface area contributed by atoms with Crippen molar-refractivity contribution in [3.8, 4) is 11.5 Å². The average molecular weight is 407 g/mol. The van der Waals surface area contributed by atoms with Crippen molar-refractivity contribution in [1.82, 2.24) is 15.2 Å². The lowest BCUT2D eigenvalue weighted by Crippen LogP contribution is -2.28. The lowest BCUT2D eigenvalue weighted by molar-refractivity contribution is 0.284. The lowest BCUT2D eigenvalue weighted by atomic mass is 9.93. The lowest BCUT2D eigenvalue weighted by Gasteiger charge is -2.15. The van der Waals surface area contributed by atoms with E-state index in [1.54, 1.807) is 13.3 Å². The molecule has 3 aromatic rings. The zero-order valence-corrected chi connectivity index (χ0v) is 17.5. The maximum absolute atomic E-state index is 12.2. The van der Waals surface area contributed by atoms with Crippen molar-refractivity contribution in [2.24, 2.45) is 5.10 Å². The molecule has 8 heteroatoms. The zero-order valence-electron chi connectivity index (χ0n) is 17.5. The molecule has 2 N–H and O–H groups in total. The summed E-state index contributed by atoms with van der Waals surface area (Å²) in [5.41, 5.74) is 4.11. The number of rotatable bonds is 7. The Morgan fingerprint density at radius 1 is 1.10 bits per heavy atom. The number of hydrogen-bond acceptors (Lipinski definition) is 7. The summed E-state index contributed by atoms with van der Waals surface area (Å²) in [6.45, 7) is 6.09. The van der Waals surface area contributed by atoms with E-state index in [9.17, 15) is 4.79 Å². The predicted octanol–water partition coefficient (Wildman–Crippen LogP) is 3.50. The molecule has 0 saturated heterocycles. The van der Waals surface area contributed by atoms with Gasteiger partial charge in [0.2, 0.25) is 5.95 Å². The highest BCUT2D eigenvalue weighted by atomic mass is 16.5. The van der Waals surface area contributed by atoms with Crippen molar-refractivity contribution in [1.29, 1.82) is 0 Å². The van der Waals surface area contributed by atoms with Crippen LogP contribution >= 0.6 is 0 Å². The summed E-state index contributed by atoms with van der Waals surface area (Å²) in [4.78, 5) is 14.8. The van der Waals surface area contributed by atoms with Crippen LogP contribution < -0.4 is 20.5 Å². The third-order valence-corrected chi connectivity index (χ3v) is 4.24. The third-order valence-electron chi connectivity index (χ3n) is 4.24. The molecule has 3 rings (SSSR count). The van der Waals surface area contributed by atoms with E-state index in [1.807, 2.05) is 69.3 Å². The molecule has 0 unspecified atom stereocenters. The van der Waals surface area contributed by atoms with Crippen LogP contribution in [-0.2, 0) is 12.0 Å². The Morgan fingerprint density at radius 2 is 1.87 bits per heavy atom. The quantitative estimate of drug-likeness (QED) is 0.459. The van der Waals surface area contributed by atoms with Crippen LogP contribution in [0.15, 0.2) is 58.4 Å². The van der Waals surface area contributed by atoms with Gasteiger partial charge in [-0.1, -0.05) is 57.2 Å². The average Bonchev–Trinajstić information content (AvgIpc) is 2.72. The van der Waals surface area contributed by atoms with Crippen LogP contribution in [0.3, 0.4) is 0 Å². The van der Waals surface area contributed by atoms with Gasteiger partial charge in [0.05, 0.1) is 13.3 Å². The molecule has 156 valence electrons. The molecule has 0 aliphatic heterocycles. The van der Waals surface area contributed by atoms with E-state index in [0.717, 1.165) is 5.56 Å². The molecule has 1 heterocycles. The van der Waals surface area contributed by atoms with Gasteiger partial charge < -0.3 is 9.47 Å². The van der Waals surface area contributed by atoms with Gasteiger partial charge in [-0.05, 0) is 17.7 Å². The predicted molar refractivity (Wildman–Crippen MR) is 116 cm³/mol. The fourth-order valence-electron chi connectivity index (χ4n) is 2.72. The van der Waals surface area contributed by atoms with Crippen molar-refractivity contribution >= 4 is 12.2 Å². The minimum absolute atomic E-state index is 0.152. The van der Waals surface area contributed by atoms with Crippen molar-refractivity contribution in [2.75, 3.05) is 12.5 Å².